The van der Waals surface area contributed by atoms with Gasteiger partial charge in [-0.3, -0.25) is 14.4 Å². The van der Waals surface area contributed by atoms with Crippen LogP contribution in [0.1, 0.15) is 278 Å². The van der Waals surface area contributed by atoms with E-state index in [0.29, 0.717) is 19.3 Å². The molecule has 0 bridgehead atoms. The second-order valence-corrected chi connectivity index (χ2v) is 17.8. The van der Waals surface area contributed by atoms with Gasteiger partial charge in [-0.1, -0.05) is 198 Å². The Kier molecular flexibility index (Phi) is 48.3. The van der Waals surface area contributed by atoms with E-state index in [0.717, 1.165) is 77.0 Å². The zero-order valence-corrected chi connectivity index (χ0v) is 40.7. The van der Waals surface area contributed by atoms with E-state index < -0.39 is 6.10 Å². The van der Waals surface area contributed by atoms with Crippen molar-refractivity contribution in [3.63, 3.8) is 0 Å². The quantitative estimate of drug-likeness (QED) is 0.0262. The third-order valence-corrected chi connectivity index (χ3v) is 11.6. The summed E-state index contributed by atoms with van der Waals surface area (Å²) in [5, 5.41) is 0. The fourth-order valence-corrected chi connectivity index (χ4v) is 7.54. The maximum atomic E-state index is 12.8. The highest BCUT2D eigenvalue weighted by Crippen LogP contribution is 2.15. The molecular weight excluding hydrogens is 757 g/mol. The highest BCUT2D eigenvalue weighted by molar-refractivity contribution is 5.71. The molecule has 61 heavy (non-hydrogen) atoms. The lowest BCUT2D eigenvalue weighted by Crippen LogP contribution is -2.30. The number of ether oxygens (including phenoxy) is 3. The zero-order valence-electron chi connectivity index (χ0n) is 40.7. The van der Waals surface area contributed by atoms with Gasteiger partial charge in [-0.2, -0.15) is 0 Å². The van der Waals surface area contributed by atoms with Crippen LogP contribution < -0.4 is 0 Å². The topological polar surface area (TPSA) is 78.9 Å². The van der Waals surface area contributed by atoms with Crippen LogP contribution in [0.2, 0.25) is 0 Å². The molecule has 0 saturated heterocycles. The second-order valence-electron chi connectivity index (χ2n) is 17.8. The molecule has 0 spiro atoms. The predicted molar refractivity (Wildman–Crippen MR) is 261 cm³/mol. The standard InChI is InChI=1S/C55H100O6/c1-4-7-10-13-16-19-22-25-26-27-28-31-33-36-39-42-45-48-54(57)60-51-52(61-55(58)49-46-43-40-37-34-30-24-21-18-15-12-9-6-3)50-59-53(56)47-44-41-38-35-32-29-23-20-17-14-11-8-5-2/h20-21,23-26,52H,4-19,22,27-51H2,1-3H3/b23-20+,24-21+,26-25+/t52-/m1/s1. The Morgan fingerprint density at radius 2 is 0.541 bits per heavy atom. The lowest BCUT2D eigenvalue weighted by molar-refractivity contribution is -0.167. The summed E-state index contributed by atoms with van der Waals surface area (Å²) in [6.45, 7) is 6.60. The normalized spacial score (nSPS) is 12.2. The van der Waals surface area contributed by atoms with Crippen molar-refractivity contribution in [3.05, 3.63) is 36.5 Å². The SMILES string of the molecule is CCCCCC/C=C/CCCCCCCC(=O)OC[C@H](COC(=O)CCCCCCCCC/C=C/CCCCCCCC)OC(=O)CCCCCCC/C=C/CCCCCC. The minimum atomic E-state index is -0.778. The Hall–Kier alpha value is -2.37. The van der Waals surface area contributed by atoms with Crippen LogP contribution in [0.4, 0.5) is 0 Å². The van der Waals surface area contributed by atoms with E-state index >= 15 is 0 Å². The Labute approximate surface area is 378 Å². The fourth-order valence-electron chi connectivity index (χ4n) is 7.54. The molecule has 0 heterocycles. The van der Waals surface area contributed by atoms with Crippen molar-refractivity contribution in [1.82, 2.24) is 0 Å². The molecule has 6 heteroatoms. The van der Waals surface area contributed by atoms with Crippen LogP contribution in [0.5, 0.6) is 0 Å². The van der Waals surface area contributed by atoms with Gasteiger partial charge in [0.15, 0.2) is 6.10 Å². The summed E-state index contributed by atoms with van der Waals surface area (Å²) >= 11 is 0. The number of esters is 3. The molecule has 0 aromatic carbocycles. The van der Waals surface area contributed by atoms with Crippen LogP contribution >= 0.6 is 0 Å². The largest absolute Gasteiger partial charge is 0.462 e. The van der Waals surface area contributed by atoms with Gasteiger partial charge < -0.3 is 14.2 Å². The van der Waals surface area contributed by atoms with E-state index in [-0.39, 0.29) is 31.1 Å². The van der Waals surface area contributed by atoms with Crippen molar-refractivity contribution in [3.8, 4) is 0 Å². The highest BCUT2D eigenvalue weighted by Gasteiger charge is 2.19. The average Bonchev–Trinajstić information content (AvgIpc) is 3.26. The van der Waals surface area contributed by atoms with E-state index in [2.05, 4.69) is 57.2 Å². The maximum Gasteiger partial charge on any atom is 0.306 e. The fraction of sp³-hybridized carbons (Fsp3) is 0.836. The molecule has 0 aromatic rings. The number of allylic oxidation sites excluding steroid dienone is 6. The first-order valence-electron chi connectivity index (χ1n) is 26.5. The van der Waals surface area contributed by atoms with Crippen molar-refractivity contribution in [2.75, 3.05) is 13.2 Å². The summed E-state index contributed by atoms with van der Waals surface area (Å²) in [5.41, 5.74) is 0. The first-order chi connectivity index (χ1) is 30.0. The van der Waals surface area contributed by atoms with E-state index in [9.17, 15) is 14.4 Å². The molecule has 0 amide bonds. The number of carbonyl (C=O) groups is 3. The Morgan fingerprint density at radius 1 is 0.311 bits per heavy atom. The van der Waals surface area contributed by atoms with Gasteiger partial charge in [0.05, 0.1) is 0 Å². The van der Waals surface area contributed by atoms with E-state index in [1.165, 1.54) is 161 Å². The molecule has 356 valence electrons. The Bertz CT molecular complexity index is 1030. The van der Waals surface area contributed by atoms with Gasteiger partial charge in [0, 0.05) is 19.3 Å². The summed E-state index contributed by atoms with van der Waals surface area (Å²) in [4.78, 5) is 38.0. The van der Waals surface area contributed by atoms with Crippen molar-refractivity contribution in [1.29, 1.82) is 0 Å². The number of rotatable bonds is 48. The molecule has 0 unspecified atom stereocenters. The monoisotopic (exact) mass is 857 g/mol. The van der Waals surface area contributed by atoms with Gasteiger partial charge in [-0.15, -0.1) is 0 Å². The van der Waals surface area contributed by atoms with Gasteiger partial charge in [0.1, 0.15) is 13.2 Å². The Morgan fingerprint density at radius 3 is 0.836 bits per heavy atom. The predicted octanol–water partition coefficient (Wildman–Crippen LogP) is 17.3. The molecule has 0 aliphatic rings. The molecule has 0 aliphatic heterocycles. The van der Waals surface area contributed by atoms with Crippen LogP contribution in [-0.4, -0.2) is 37.2 Å². The van der Waals surface area contributed by atoms with Gasteiger partial charge in [-0.25, -0.2) is 0 Å². The summed E-state index contributed by atoms with van der Waals surface area (Å²) < 4.78 is 16.8. The van der Waals surface area contributed by atoms with Crippen LogP contribution in [-0.2, 0) is 28.6 Å². The zero-order chi connectivity index (χ0) is 44.4. The summed E-state index contributed by atoms with van der Waals surface area (Å²) in [6, 6.07) is 0. The maximum absolute atomic E-state index is 12.8. The molecule has 0 radical (unpaired) electrons. The average molecular weight is 857 g/mol. The van der Waals surface area contributed by atoms with E-state index in [1.54, 1.807) is 0 Å². The molecule has 0 saturated carbocycles. The summed E-state index contributed by atoms with van der Waals surface area (Å²) in [6.07, 6.45) is 58.4. The second kappa shape index (κ2) is 50.3. The van der Waals surface area contributed by atoms with E-state index in [4.69, 9.17) is 14.2 Å². The third kappa shape index (κ3) is 48.5. The molecule has 6 nitrogen and oxygen atoms in total. The molecule has 0 fully saturated rings. The van der Waals surface area contributed by atoms with Crippen molar-refractivity contribution in [2.24, 2.45) is 0 Å². The Balaban J connectivity index is 4.36. The molecule has 0 aromatic heterocycles. The van der Waals surface area contributed by atoms with Gasteiger partial charge in [-0.05, 0) is 96.3 Å². The molecule has 0 aliphatic carbocycles. The van der Waals surface area contributed by atoms with Crippen molar-refractivity contribution < 1.29 is 28.6 Å². The first-order valence-corrected chi connectivity index (χ1v) is 26.5. The summed E-state index contributed by atoms with van der Waals surface area (Å²) in [7, 11) is 0. The van der Waals surface area contributed by atoms with Gasteiger partial charge in [0.2, 0.25) is 0 Å². The minimum absolute atomic E-state index is 0.0788. The smallest absolute Gasteiger partial charge is 0.306 e. The third-order valence-electron chi connectivity index (χ3n) is 11.6. The van der Waals surface area contributed by atoms with E-state index in [1.807, 2.05) is 0 Å². The van der Waals surface area contributed by atoms with Crippen LogP contribution in [0, 0.1) is 0 Å². The first kappa shape index (κ1) is 58.6. The van der Waals surface area contributed by atoms with Crippen molar-refractivity contribution in [2.45, 2.75) is 284 Å². The lowest BCUT2D eigenvalue weighted by Gasteiger charge is -2.18. The summed E-state index contributed by atoms with van der Waals surface area (Å²) in [5.74, 6) is -0.891. The number of hydrogen-bond donors (Lipinski definition) is 0. The molecular formula is C55H100O6. The minimum Gasteiger partial charge on any atom is -0.462 e. The number of unbranched alkanes of at least 4 members (excludes halogenated alkanes) is 31. The van der Waals surface area contributed by atoms with Gasteiger partial charge >= 0.3 is 17.9 Å². The molecule has 0 N–H and O–H groups in total. The number of carbonyl (C=O) groups excluding carboxylic acids is 3. The highest BCUT2D eigenvalue weighted by atomic mass is 16.6. The lowest BCUT2D eigenvalue weighted by atomic mass is 10.1. The van der Waals surface area contributed by atoms with Crippen LogP contribution in [0.15, 0.2) is 36.5 Å². The molecule has 1 atom stereocenters. The van der Waals surface area contributed by atoms with Crippen LogP contribution in [0.25, 0.3) is 0 Å². The van der Waals surface area contributed by atoms with Gasteiger partial charge in [0.25, 0.3) is 0 Å². The number of hydrogen-bond acceptors (Lipinski definition) is 6. The van der Waals surface area contributed by atoms with Crippen molar-refractivity contribution >= 4 is 17.9 Å². The molecule has 0 rings (SSSR count). The van der Waals surface area contributed by atoms with Crippen LogP contribution in [0.3, 0.4) is 0 Å².